The van der Waals surface area contributed by atoms with Crippen molar-refractivity contribution in [2.75, 3.05) is 0 Å². The van der Waals surface area contributed by atoms with E-state index in [2.05, 4.69) is 5.73 Å². The van der Waals surface area contributed by atoms with Gasteiger partial charge in [-0.3, -0.25) is 4.79 Å². The van der Waals surface area contributed by atoms with Crippen LogP contribution >= 0.6 is 0 Å². The van der Waals surface area contributed by atoms with Gasteiger partial charge in [0.25, 0.3) is 0 Å². The highest BCUT2D eigenvalue weighted by molar-refractivity contribution is 6.72. The molecule has 5 heavy (non-hydrogen) atoms. The number of carbonyl (C=O) groups excluding carboxylic acids is 1. The Morgan fingerprint density at radius 1 is 2.00 bits per heavy atom. The highest BCUT2D eigenvalue weighted by Crippen LogP contribution is 1.51. The fraction of sp³-hybridized carbons (Fsp3) is 0.500. The van der Waals surface area contributed by atoms with Crippen molar-refractivity contribution in [2.24, 2.45) is 5.73 Å². The van der Waals surface area contributed by atoms with E-state index in [4.69, 9.17) is 0 Å². The summed E-state index contributed by atoms with van der Waals surface area (Å²) in [6.45, 7) is 1.72. The van der Waals surface area contributed by atoms with Gasteiger partial charge in [-0.15, -0.1) is 0 Å². The van der Waals surface area contributed by atoms with Gasteiger partial charge in [0.1, 0.15) is 0 Å². The van der Waals surface area contributed by atoms with Gasteiger partial charge in [0, 0.05) is 0 Å². The predicted molar refractivity (Wildman–Crippen MR) is 22.6 cm³/mol. The van der Waals surface area contributed by atoms with Crippen LogP contribution in [0.5, 0.6) is 0 Å². The van der Waals surface area contributed by atoms with Gasteiger partial charge in [0.2, 0.25) is 7.28 Å². The molecule has 0 atom stereocenters. The van der Waals surface area contributed by atoms with Gasteiger partial charge in [-0.1, -0.05) is 6.82 Å². The van der Waals surface area contributed by atoms with Crippen LogP contribution in [0.2, 0.25) is 6.82 Å². The van der Waals surface area contributed by atoms with Crippen molar-refractivity contribution in [1.29, 1.82) is 0 Å². The third-order valence-corrected chi connectivity index (χ3v) is 0.348. The summed E-state index contributed by atoms with van der Waals surface area (Å²) in [5, 5.41) is 0. The minimum atomic E-state index is -0.245. The lowest BCUT2D eigenvalue weighted by molar-refractivity contribution is 0.266. The van der Waals surface area contributed by atoms with E-state index in [1.807, 2.05) is 0 Å². The molecule has 28 valence electrons. The van der Waals surface area contributed by atoms with Gasteiger partial charge in [-0.05, 0) is 0 Å². The van der Waals surface area contributed by atoms with Crippen LogP contribution in [0, 0.1) is 0 Å². The molecule has 2 nitrogen and oxygen atoms in total. The maximum absolute atomic E-state index is 9.59. The molecule has 0 spiro atoms. The van der Waals surface area contributed by atoms with Crippen LogP contribution in [-0.2, 0) is 0 Å². The zero-order valence-electron chi connectivity index (χ0n) is 3.19. The molecule has 0 bridgehead atoms. The first-order valence-corrected chi connectivity index (χ1v) is 1.55. The van der Waals surface area contributed by atoms with E-state index in [-0.39, 0.29) is 5.81 Å². The Kier molecular flexibility index (Phi) is 1.65. The summed E-state index contributed by atoms with van der Waals surface area (Å²) in [5.74, 6) is -0.245. The van der Waals surface area contributed by atoms with Crippen LogP contribution in [0.1, 0.15) is 0 Å². The molecule has 3 heteroatoms. The Balaban J connectivity index is 2.85. The fourth-order valence-corrected chi connectivity index (χ4v) is 0. The molecule has 0 aliphatic rings. The molecule has 0 saturated heterocycles. The predicted octanol–water partition coefficient (Wildman–Crippen LogP) is -0.450. The maximum Gasteiger partial charge on any atom is 0.230 e. The number of amides is 1. The van der Waals surface area contributed by atoms with Crippen LogP contribution in [0.4, 0.5) is 4.79 Å². The van der Waals surface area contributed by atoms with E-state index >= 15 is 0 Å². The molecule has 0 aromatic heterocycles. The number of hydrogen-bond donors (Lipinski definition) is 1. The molecule has 2 N–H and O–H groups in total. The summed E-state index contributed by atoms with van der Waals surface area (Å²) in [4.78, 5) is 9.59. The minimum absolute atomic E-state index is 0.245. The number of primary amides is 1. The number of nitrogens with two attached hydrogens (primary N) is 1. The summed E-state index contributed by atoms with van der Waals surface area (Å²) >= 11 is 0. The highest BCUT2D eigenvalue weighted by atomic mass is 16.1. The van der Waals surface area contributed by atoms with Crippen LogP contribution in [0.3, 0.4) is 0 Å². The zero-order chi connectivity index (χ0) is 4.28. The van der Waals surface area contributed by atoms with Crippen molar-refractivity contribution >= 4 is 13.1 Å². The van der Waals surface area contributed by atoms with Crippen LogP contribution in [-0.4, -0.2) is 13.1 Å². The lowest BCUT2D eigenvalue weighted by atomic mass is 9.82. The van der Waals surface area contributed by atoms with Crippen LogP contribution in [0.15, 0.2) is 0 Å². The first kappa shape index (κ1) is 4.53. The Labute approximate surface area is 31.6 Å². The molecular formula is C2H6BNO. The fourth-order valence-electron chi connectivity index (χ4n) is 0. The Morgan fingerprint density at radius 3 is 2.20 bits per heavy atom. The lowest BCUT2D eigenvalue weighted by Gasteiger charge is -1.70. The van der Waals surface area contributed by atoms with Gasteiger partial charge >= 0.3 is 0 Å². The monoisotopic (exact) mass is 71.1 g/mol. The van der Waals surface area contributed by atoms with Crippen molar-refractivity contribution in [1.82, 2.24) is 0 Å². The van der Waals surface area contributed by atoms with Gasteiger partial charge in [0.15, 0.2) is 5.81 Å². The molecule has 0 heterocycles. The third-order valence-electron chi connectivity index (χ3n) is 0.348. The van der Waals surface area contributed by atoms with Crippen molar-refractivity contribution in [3.63, 3.8) is 0 Å². The quantitative estimate of drug-likeness (QED) is 0.418. The molecule has 0 rings (SSSR count). The second kappa shape index (κ2) is 1.82. The van der Waals surface area contributed by atoms with Gasteiger partial charge in [0.05, 0.1) is 0 Å². The van der Waals surface area contributed by atoms with E-state index in [0.29, 0.717) is 7.28 Å². The van der Waals surface area contributed by atoms with Crippen LogP contribution < -0.4 is 5.73 Å². The molecule has 0 aliphatic carbocycles. The average molecular weight is 70.9 g/mol. The van der Waals surface area contributed by atoms with Crippen molar-refractivity contribution in [3.8, 4) is 0 Å². The molecule has 0 fully saturated rings. The van der Waals surface area contributed by atoms with Gasteiger partial charge < -0.3 is 5.73 Å². The molecule has 0 saturated carbocycles. The smallest absolute Gasteiger partial charge is 0.230 e. The summed E-state index contributed by atoms with van der Waals surface area (Å²) in [6.07, 6.45) is 0. The van der Waals surface area contributed by atoms with Crippen molar-refractivity contribution in [3.05, 3.63) is 0 Å². The molecule has 0 aromatic rings. The molecule has 0 aromatic carbocycles. The topological polar surface area (TPSA) is 43.1 Å². The third kappa shape index (κ3) is 3.53. The first-order chi connectivity index (χ1) is 2.27. The Bertz CT molecular complexity index is 44.9. The van der Waals surface area contributed by atoms with E-state index in [9.17, 15) is 4.79 Å². The molecular weight excluding hydrogens is 64.8 g/mol. The first-order valence-electron chi connectivity index (χ1n) is 1.55. The summed E-state index contributed by atoms with van der Waals surface area (Å²) in [7, 11) is 0.444. The Hall–Kier alpha value is -0.465. The summed E-state index contributed by atoms with van der Waals surface area (Å²) < 4.78 is 0. The largest absolute Gasteiger partial charge is 0.379 e. The second-order valence-corrected chi connectivity index (χ2v) is 0.820. The minimum Gasteiger partial charge on any atom is -0.379 e. The molecule has 1 amide bonds. The van der Waals surface area contributed by atoms with Crippen LogP contribution in [0.25, 0.3) is 0 Å². The average Bonchev–Trinajstić information content (AvgIpc) is 1.38. The molecule has 0 unspecified atom stereocenters. The highest BCUT2D eigenvalue weighted by Gasteiger charge is 1.81. The number of carbonyl (C=O) groups is 1. The summed E-state index contributed by atoms with van der Waals surface area (Å²) in [5.41, 5.74) is 4.65. The van der Waals surface area contributed by atoms with Crippen molar-refractivity contribution in [2.45, 2.75) is 6.82 Å². The lowest BCUT2D eigenvalue weighted by Crippen LogP contribution is -2.13. The normalized spacial score (nSPS) is 6.60. The maximum atomic E-state index is 9.59. The Morgan fingerprint density at radius 2 is 2.20 bits per heavy atom. The summed E-state index contributed by atoms with van der Waals surface area (Å²) in [6, 6.07) is 0. The van der Waals surface area contributed by atoms with Gasteiger partial charge in [-0.25, -0.2) is 0 Å². The number of rotatable bonds is 1. The second-order valence-electron chi connectivity index (χ2n) is 0.820. The van der Waals surface area contributed by atoms with Crippen molar-refractivity contribution < 1.29 is 4.79 Å². The van der Waals surface area contributed by atoms with E-state index in [1.54, 1.807) is 6.82 Å². The standard InChI is InChI=1S/C2H6BNO/c1-3-2(4)5/h3H,1H3,(H2,4,5). The number of hydrogen-bond acceptors (Lipinski definition) is 1. The molecule has 0 radical (unpaired) electrons. The van der Waals surface area contributed by atoms with Gasteiger partial charge in [-0.2, -0.15) is 0 Å². The van der Waals surface area contributed by atoms with E-state index in [1.165, 1.54) is 0 Å². The van der Waals surface area contributed by atoms with E-state index < -0.39 is 0 Å². The van der Waals surface area contributed by atoms with E-state index in [0.717, 1.165) is 0 Å². The molecule has 0 aliphatic heterocycles. The zero-order valence-corrected chi connectivity index (χ0v) is 3.19. The SMILES string of the molecule is CBC(N)=O.